The maximum absolute atomic E-state index is 10.9. The molecule has 0 atom stereocenters. The highest BCUT2D eigenvalue weighted by Crippen LogP contribution is 2.07. The third-order valence-electron chi connectivity index (χ3n) is 1.34. The number of rotatable bonds is 0. The topological polar surface area (TPSA) is 45.0 Å². The fourth-order valence-corrected chi connectivity index (χ4v) is 0.891. The summed E-state index contributed by atoms with van der Waals surface area (Å²) in [5, 5.41) is 5.12. The Balaban J connectivity index is 2.39. The van der Waals surface area contributed by atoms with Gasteiger partial charge in [-0.2, -0.15) is 10.1 Å². The molecule has 0 fully saturated rings. The van der Waals surface area contributed by atoms with Crippen molar-refractivity contribution in [3.8, 4) is 0 Å². The third kappa shape index (κ3) is 0.586. The summed E-state index contributed by atoms with van der Waals surface area (Å²) >= 11 is 0. The molecule has 0 N–H and O–H groups in total. The summed E-state index contributed by atoms with van der Waals surface area (Å²) in [6.45, 7) is 0.233. The molecule has 0 spiro atoms. The summed E-state index contributed by atoms with van der Waals surface area (Å²) < 4.78 is 0. The molecule has 0 bridgehead atoms. The van der Waals surface area contributed by atoms with Gasteiger partial charge in [0.1, 0.15) is 6.54 Å². The summed E-state index contributed by atoms with van der Waals surface area (Å²) in [6, 6.07) is 0. The van der Waals surface area contributed by atoms with Crippen LogP contribution in [0.2, 0.25) is 0 Å². The van der Waals surface area contributed by atoms with Crippen LogP contribution in [0.5, 0.6) is 0 Å². The van der Waals surface area contributed by atoms with Crippen LogP contribution in [-0.2, 0) is 4.79 Å². The van der Waals surface area contributed by atoms with Crippen molar-refractivity contribution in [3.63, 3.8) is 0 Å². The number of carbonyl (C=O) groups is 1. The highest BCUT2D eigenvalue weighted by molar-refractivity contribution is 6.11. The SMILES string of the molecule is O=C1CN=C2C=CC=NN12. The normalized spacial score (nSPS) is 21.4. The first kappa shape index (κ1) is 5.34. The van der Waals surface area contributed by atoms with E-state index in [0.717, 1.165) is 0 Å². The molecule has 2 rings (SSSR count). The first-order valence-corrected chi connectivity index (χ1v) is 2.96. The summed E-state index contributed by atoms with van der Waals surface area (Å²) in [5.74, 6) is 0.586. The van der Waals surface area contributed by atoms with Crippen molar-refractivity contribution >= 4 is 18.0 Å². The van der Waals surface area contributed by atoms with Gasteiger partial charge in [-0.3, -0.25) is 9.79 Å². The molecule has 2 aliphatic heterocycles. The molecule has 0 aromatic heterocycles. The summed E-state index contributed by atoms with van der Waals surface area (Å²) in [7, 11) is 0. The molecule has 0 saturated heterocycles. The number of hydrazone groups is 1. The number of hydrogen-bond donors (Lipinski definition) is 0. The van der Waals surface area contributed by atoms with E-state index in [1.807, 2.05) is 0 Å². The van der Waals surface area contributed by atoms with E-state index in [1.54, 1.807) is 18.4 Å². The van der Waals surface area contributed by atoms with Crippen molar-refractivity contribution in [2.45, 2.75) is 0 Å². The van der Waals surface area contributed by atoms with Crippen LogP contribution in [0.15, 0.2) is 22.2 Å². The van der Waals surface area contributed by atoms with Crippen molar-refractivity contribution in [2.75, 3.05) is 6.54 Å². The van der Waals surface area contributed by atoms with E-state index in [0.29, 0.717) is 5.84 Å². The van der Waals surface area contributed by atoms with E-state index in [9.17, 15) is 4.79 Å². The van der Waals surface area contributed by atoms with Crippen molar-refractivity contribution < 1.29 is 4.79 Å². The number of amides is 1. The molecule has 0 aromatic carbocycles. The molecular weight excluding hydrogens is 130 g/mol. The van der Waals surface area contributed by atoms with Crippen molar-refractivity contribution in [2.24, 2.45) is 10.1 Å². The van der Waals surface area contributed by atoms with Crippen molar-refractivity contribution in [3.05, 3.63) is 12.2 Å². The number of allylic oxidation sites excluding steroid dienone is 1. The number of hydrogen-bond acceptors (Lipinski definition) is 3. The van der Waals surface area contributed by atoms with Crippen LogP contribution in [0, 0.1) is 0 Å². The Morgan fingerprint density at radius 2 is 2.50 bits per heavy atom. The van der Waals surface area contributed by atoms with Crippen LogP contribution in [0.1, 0.15) is 0 Å². The smallest absolute Gasteiger partial charge is 0.270 e. The van der Waals surface area contributed by atoms with Gasteiger partial charge in [-0.05, 0) is 12.2 Å². The van der Waals surface area contributed by atoms with Crippen LogP contribution in [0.25, 0.3) is 0 Å². The fraction of sp³-hybridized carbons (Fsp3) is 0.167. The average Bonchev–Trinajstić information content (AvgIpc) is 2.34. The first-order chi connectivity index (χ1) is 4.88. The lowest BCUT2D eigenvalue weighted by Gasteiger charge is -2.10. The molecule has 0 aromatic rings. The van der Waals surface area contributed by atoms with Crippen LogP contribution in [0.4, 0.5) is 0 Å². The zero-order valence-electron chi connectivity index (χ0n) is 5.19. The summed E-state index contributed by atoms with van der Waals surface area (Å²) in [5.41, 5.74) is 0. The second-order valence-electron chi connectivity index (χ2n) is 2.00. The molecule has 2 aliphatic rings. The zero-order chi connectivity index (χ0) is 6.97. The molecule has 1 amide bonds. The number of amidine groups is 1. The molecule has 0 unspecified atom stereocenters. The Morgan fingerprint density at radius 1 is 1.60 bits per heavy atom. The quantitative estimate of drug-likeness (QED) is 0.453. The van der Waals surface area contributed by atoms with Gasteiger partial charge >= 0.3 is 0 Å². The lowest BCUT2D eigenvalue weighted by atomic mass is 10.4. The molecule has 0 saturated carbocycles. The molecule has 10 heavy (non-hydrogen) atoms. The third-order valence-corrected chi connectivity index (χ3v) is 1.34. The molecule has 4 nitrogen and oxygen atoms in total. The van der Waals surface area contributed by atoms with Crippen LogP contribution in [-0.4, -0.2) is 29.5 Å². The lowest BCUT2D eigenvalue weighted by molar-refractivity contribution is -0.124. The highest BCUT2D eigenvalue weighted by atomic mass is 16.2. The molecular formula is C6H5N3O. The number of aliphatic imine (C=N–C) groups is 1. The van der Waals surface area contributed by atoms with Gasteiger partial charge in [0.2, 0.25) is 0 Å². The Morgan fingerprint density at radius 3 is 3.30 bits per heavy atom. The number of nitrogens with zero attached hydrogens (tertiary/aromatic N) is 3. The predicted molar refractivity (Wildman–Crippen MR) is 36.8 cm³/mol. The summed E-state index contributed by atoms with van der Waals surface area (Å²) in [6.07, 6.45) is 5.09. The van der Waals surface area contributed by atoms with E-state index >= 15 is 0 Å². The molecule has 2 heterocycles. The van der Waals surface area contributed by atoms with Gasteiger partial charge in [0, 0.05) is 6.21 Å². The monoisotopic (exact) mass is 135 g/mol. The fourth-order valence-electron chi connectivity index (χ4n) is 0.891. The Hall–Kier alpha value is -1.45. The predicted octanol–water partition coefficient (Wildman–Crippen LogP) is -0.217. The van der Waals surface area contributed by atoms with E-state index in [1.165, 1.54) is 5.01 Å². The number of carbonyl (C=O) groups excluding carboxylic acids is 1. The van der Waals surface area contributed by atoms with E-state index in [-0.39, 0.29) is 12.5 Å². The molecule has 4 heteroatoms. The van der Waals surface area contributed by atoms with Crippen LogP contribution in [0.3, 0.4) is 0 Å². The van der Waals surface area contributed by atoms with Gasteiger partial charge in [0.25, 0.3) is 5.91 Å². The van der Waals surface area contributed by atoms with Crippen molar-refractivity contribution in [1.82, 2.24) is 5.01 Å². The van der Waals surface area contributed by atoms with E-state index in [4.69, 9.17) is 0 Å². The largest absolute Gasteiger partial charge is 0.270 e. The minimum atomic E-state index is -0.0596. The number of fused-ring (bicyclic) bond motifs is 1. The maximum Gasteiger partial charge on any atom is 0.270 e. The minimum Gasteiger partial charge on any atom is -0.270 e. The Labute approximate surface area is 57.5 Å². The highest BCUT2D eigenvalue weighted by Gasteiger charge is 2.23. The van der Waals surface area contributed by atoms with Gasteiger partial charge < -0.3 is 0 Å². The molecule has 50 valence electrons. The van der Waals surface area contributed by atoms with Gasteiger partial charge in [-0.1, -0.05) is 0 Å². The van der Waals surface area contributed by atoms with Gasteiger partial charge in [-0.15, -0.1) is 0 Å². The van der Waals surface area contributed by atoms with Gasteiger partial charge in [0.05, 0.1) is 0 Å². The second kappa shape index (κ2) is 1.76. The van der Waals surface area contributed by atoms with E-state index < -0.39 is 0 Å². The van der Waals surface area contributed by atoms with Crippen LogP contribution >= 0.6 is 0 Å². The molecule has 0 aliphatic carbocycles. The Kier molecular flexibility index (Phi) is 0.943. The van der Waals surface area contributed by atoms with E-state index in [2.05, 4.69) is 10.1 Å². The minimum absolute atomic E-state index is 0.0596. The van der Waals surface area contributed by atoms with Crippen LogP contribution < -0.4 is 0 Å². The van der Waals surface area contributed by atoms with Crippen molar-refractivity contribution in [1.29, 1.82) is 0 Å². The summed E-state index contributed by atoms with van der Waals surface area (Å²) in [4.78, 5) is 14.8. The Bertz CT molecular complexity index is 264. The standard InChI is InChI=1S/C6H5N3O/c10-6-4-7-5-2-1-3-8-9(5)6/h1-3H,4H2. The zero-order valence-corrected chi connectivity index (χ0v) is 5.19. The second-order valence-corrected chi connectivity index (χ2v) is 2.00. The van der Waals surface area contributed by atoms with Gasteiger partial charge in [-0.25, -0.2) is 0 Å². The maximum atomic E-state index is 10.9. The first-order valence-electron chi connectivity index (χ1n) is 2.96. The lowest BCUT2D eigenvalue weighted by Crippen LogP contribution is -2.27. The molecule has 0 radical (unpaired) electrons. The average molecular weight is 135 g/mol. The van der Waals surface area contributed by atoms with Gasteiger partial charge in [0.15, 0.2) is 5.84 Å².